The minimum atomic E-state index is -0.225. The van der Waals surface area contributed by atoms with E-state index in [9.17, 15) is 9.59 Å². The monoisotopic (exact) mass is 367 g/mol. The van der Waals surface area contributed by atoms with Crippen molar-refractivity contribution in [2.75, 3.05) is 25.5 Å². The second-order valence-electron chi connectivity index (χ2n) is 7.10. The molecular weight excluding hydrogens is 338 g/mol. The maximum Gasteiger partial charge on any atom is 0.243 e. The molecule has 0 aromatic heterocycles. The van der Waals surface area contributed by atoms with Gasteiger partial charge in [-0.15, -0.1) is 0 Å². The molecule has 0 aliphatic carbocycles. The van der Waals surface area contributed by atoms with Crippen LogP contribution in [0.5, 0.6) is 0 Å². The molecule has 0 fully saturated rings. The molecule has 0 heterocycles. The first kappa shape index (κ1) is 20.6. The fourth-order valence-electron chi connectivity index (χ4n) is 3.15. The second-order valence-corrected chi connectivity index (χ2v) is 7.10. The summed E-state index contributed by atoms with van der Waals surface area (Å²) in [6.45, 7) is 8.20. The number of carbonyl (C=O) groups is 2. The standard InChI is InChI=1S/C22H29N3O2/c1-15-11-16(2)22(17(3)12-15)24-20(26)13-23-21(27)14-25(5)18(4)19-9-7-6-8-10-19/h6-12,18H,13-14H2,1-5H3,(H,23,27)(H,24,26). The van der Waals surface area contributed by atoms with Gasteiger partial charge in [-0.05, 0) is 51.4 Å². The first-order valence-corrected chi connectivity index (χ1v) is 9.17. The summed E-state index contributed by atoms with van der Waals surface area (Å²) in [5, 5.41) is 5.59. The quantitative estimate of drug-likeness (QED) is 0.789. The van der Waals surface area contributed by atoms with Crippen LogP contribution in [-0.2, 0) is 9.59 Å². The predicted molar refractivity (Wildman–Crippen MR) is 110 cm³/mol. The van der Waals surface area contributed by atoms with Crippen LogP contribution in [0.15, 0.2) is 42.5 Å². The van der Waals surface area contributed by atoms with Crippen molar-refractivity contribution >= 4 is 17.5 Å². The zero-order valence-corrected chi connectivity index (χ0v) is 16.8. The summed E-state index contributed by atoms with van der Waals surface area (Å²) >= 11 is 0. The van der Waals surface area contributed by atoms with Crippen LogP contribution in [0, 0.1) is 20.8 Å². The average molecular weight is 367 g/mol. The van der Waals surface area contributed by atoms with E-state index < -0.39 is 0 Å². The Hall–Kier alpha value is -2.66. The lowest BCUT2D eigenvalue weighted by Crippen LogP contribution is -2.40. The van der Waals surface area contributed by atoms with Crippen molar-refractivity contribution in [1.82, 2.24) is 10.2 Å². The number of hydrogen-bond acceptors (Lipinski definition) is 3. The van der Waals surface area contributed by atoms with Gasteiger partial charge in [0, 0.05) is 11.7 Å². The van der Waals surface area contributed by atoms with Gasteiger partial charge >= 0.3 is 0 Å². The van der Waals surface area contributed by atoms with Crippen LogP contribution in [0.3, 0.4) is 0 Å². The van der Waals surface area contributed by atoms with E-state index in [1.165, 1.54) is 0 Å². The number of aryl methyl sites for hydroxylation is 3. The van der Waals surface area contributed by atoms with Crippen molar-refractivity contribution in [2.45, 2.75) is 33.7 Å². The Morgan fingerprint density at radius 2 is 1.59 bits per heavy atom. The molecule has 2 aromatic rings. The molecule has 0 bridgehead atoms. The molecule has 144 valence electrons. The number of nitrogens with one attached hydrogen (secondary N) is 2. The number of rotatable bonds is 7. The lowest BCUT2D eigenvalue weighted by Gasteiger charge is -2.24. The molecule has 2 amide bonds. The summed E-state index contributed by atoms with van der Waals surface area (Å²) < 4.78 is 0. The highest BCUT2D eigenvalue weighted by atomic mass is 16.2. The molecule has 2 rings (SSSR count). The average Bonchev–Trinajstić information content (AvgIpc) is 2.63. The highest BCUT2D eigenvalue weighted by molar-refractivity contribution is 5.96. The minimum absolute atomic E-state index is 0.0425. The van der Waals surface area contributed by atoms with Gasteiger partial charge in [-0.1, -0.05) is 48.0 Å². The maximum absolute atomic E-state index is 12.2. The third-order valence-corrected chi connectivity index (χ3v) is 4.72. The Kier molecular flexibility index (Phi) is 7.13. The summed E-state index contributed by atoms with van der Waals surface area (Å²) in [5.41, 5.74) is 5.16. The molecule has 5 heteroatoms. The molecule has 0 saturated heterocycles. The first-order chi connectivity index (χ1) is 12.8. The van der Waals surface area contributed by atoms with Gasteiger partial charge in [0.1, 0.15) is 0 Å². The van der Waals surface area contributed by atoms with E-state index in [2.05, 4.69) is 17.6 Å². The van der Waals surface area contributed by atoms with Crippen LogP contribution in [0.1, 0.15) is 35.2 Å². The van der Waals surface area contributed by atoms with E-state index >= 15 is 0 Å². The van der Waals surface area contributed by atoms with Gasteiger partial charge in [-0.25, -0.2) is 0 Å². The minimum Gasteiger partial charge on any atom is -0.346 e. The van der Waals surface area contributed by atoms with Crippen molar-refractivity contribution in [1.29, 1.82) is 0 Å². The van der Waals surface area contributed by atoms with Gasteiger partial charge in [0.2, 0.25) is 11.8 Å². The molecule has 2 N–H and O–H groups in total. The van der Waals surface area contributed by atoms with Gasteiger partial charge in [0.05, 0.1) is 13.1 Å². The van der Waals surface area contributed by atoms with Crippen LogP contribution < -0.4 is 10.6 Å². The van der Waals surface area contributed by atoms with Crippen LogP contribution in [0.25, 0.3) is 0 Å². The number of likely N-dealkylation sites (N-methyl/N-ethyl adjacent to an activating group) is 1. The van der Waals surface area contributed by atoms with Gasteiger partial charge in [0.25, 0.3) is 0 Å². The lowest BCUT2D eigenvalue weighted by atomic mass is 10.1. The molecule has 1 atom stereocenters. The van der Waals surface area contributed by atoms with Crippen LogP contribution in [0.2, 0.25) is 0 Å². The molecule has 2 aromatic carbocycles. The van der Waals surface area contributed by atoms with E-state index in [1.807, 2.05) is 75.2 Å². The van der Waals surface area contributed by atoms with E-state index in [0.717, 1.165) is 27.9 Å². The molecule has 0 saturated carbocycles. The highest BCUT2D eigenvalue weighted by Gasteiger charge is 2.15. The van der Waals surface area contributed by atoms with Crippen LogP contribution >= 0.6 is 0 Å². The molecule has 5 nitrogen and oxygen atoms in total. The molecule has 1 unspecified atom stereocenters. The zero-order chi connectivity index (χ0) is 20.0. The third-order valence-electron chi connectivity index (χ3n) is 4.72. The summed E-state index contributed by atoms with van der Waals surface area (Å²) in [5.74, 6) is -0.398. The fourth-order valence-corrected chi connectivity index (χ4v) is 3.15. The Morgan fingerprint density at radius 1 is 1.00 bits per heavy atom. The van der Waals surface area contributed by atoms with Crippen LogP contribution in [0.4, 0.5) is 5.69 Å². The molecular formula is C22H29N3O2. The molecule has 0 radical (unpaired) electrons. The van der Waals surface area contributed by atoms with Gasteiger partial charge in [0.15, 0.2) is 0 Å². The first-order valence-electron chi connectivity index (χ1n) is 9.17. The van der Waals surface area contributed by atoms with E-state index in [1.54, 1.807) is 0 Å². The maximum atomic E-state index is 12.2. The highest BCUT2D eigenvalue weighted by Crippen LogP contribution is 2.21. The molecule has 0 aliphatic rings. The number of amides is 2. The number of hydrogen-bond donors (Lipinski definition) is 2. The van der Waals surface area contributed by atoms with E-state index in [0.29, 0.717) is 0 Å². The van der Waals surface area contributed by atoms with E-state index in [4.69, 9.17) is 0 Å². The number of nitrogens with zero attached hydrogens (tertiary/aromatic N) is 1. The summed E-state index contributed by atoms with van der Waals surface area (Å²) in [4.78, 5) is 26.4. The summed E-state index contributed by atoms with van der Waals surface area (Å²) in [7, 11) is 1.90. The Labute approximate surface area is 161 Å². The number of carbonyl (C=O) groups excluding carboxylic acids is 2. The normalized spacial score (nSPS) is 11.9. The predicted octanol–water partition coefficient (Wildman–Crippen LogP) is 3.36. The molecule has 0 aliphatic heterocycles. The zero-order valence-electron chi connectivity index (χ0n) is 16.8. The van der Waals surface area contributed by atoms with E-state index in [-0.39, 0.29) is 30.9 Å². The van der Waals surface area contributed by atoms with Crippen molar-refractivity contribution in [3.63, 3.8) is 0 Å². The van der Waals surface area contributed by atoms with Crippen molar-refractivity contribution in [3.05, 3.63) is 64.7 Å². The summed E-state index contributed by atoms with van der Waals surface area (Å²) in [6, 6.07) is 14.2. The number of anilines is 1. The third kappa shape index (κ3) is 5.93. The molecule has 27 heavy (non-hydrogen) atoms. The molecule has 0 spiro atoms. The topological polar surface area (TPSA) is 61.4 Å². The largest absolute Gasteiger partial charge is 0.346 e. The summed E-state index contributed by atoms with van der Waals surface area (Å²) in [6.07, 6.45) is 0. The van der Waals surface area contributed by atoms with Crippen molar-refractivity contribution < 1.29 is 9.59 Å². The van der Waals surface area contributed by atoms with Crippen molar-refractivity contribution in [2.24, 2.45) is 0 Å². The SMILES string of the molecule is Cc1cc(C)c(NC(=O)CNC(=O)CN(C)C(C)c2ccccc2)c(C)c1. The van der Waals surface area contributed by atoms with Gasteiger partial charge in [-0.3, -0.25) is 14.5 Å². The van der Waals surface area contributed by atoms with Gasteiger partial charge < -0.3 is 10.6 Å². The Morgan fingerprint density at radius 3 is 2.19 bits per heavy atom. The van der Waals surface area contributed by atoms with Gasteiger partial charge in [-0.2, -0.15) is 0 Å². The Bertz CT molecular complexity index is 779. The Balaban J connectivity index is 1.84. The van der Waals surface area contributed by atoms with Crippen molar-refractivity contribution in [3.8, 4) is 0 Å². The lowest BCUT2D eigenvalue weighted by molar-refractivity contribution is -0.125. The van der Waals surface area contributed by atoms with Crippen LogP contribution in [-0.4, -0.2) is 36.9 Å². The second kappa shape index (κ2) is 9.33. The fraction of sp³-hybridized carbons (Fsp3) is 0.364. The number of benzene rings is 2. The smallest absolute Gasteiger partial charge is 0.243 e.